The van der Waals surface area contributed by atoms with Gasteiger partial charge in [-0.1, -0.05) is 0 Å². The standard InChI is InChI=1S/C18H20I2N7OP/c1-11-9-28-7-6-25(11)14-8-12(18(2,3)10-21)15-16(19)23-17(26(15)24-14)13-4-5-22-27(13)29-20/h4-5,8,11,29H,6-7,9H2,1-3H3/t11-/m1/s1. The van der Waals surface area contributed by atoms with Crippen LogP contribution < -0.4 is 4.90 Å². The lowest BCUT2D eigenvalue weighted by molar-refractivity contribution is 0.0984. The van der Waals surface area contributed by atoms with E-state index in [0.29, 0.717) is 19.6 Å². The number of imidazole rings is 1. The molecule has 11 heteroatoms. The van der Waals surface area contributed by atoms with Crippen LogP contribution in [0.1, 0.15) is 26.3 Å². The maximum Gasteiger partial charge on any atom is 0.181 e. The molecule has 1 fully saturated rings. The van der Waals surface area contributed by atoms with Crippen LogP contribution in [-0.4, -0.2) is 49.9 Å². The highest BCUT2D eigenvalue weighted by Crippen LogP contribution is 2.36. The van der Waals surface area contributed by atoms with Gasteiger partial charge in [-0.25, -0.2) is 14.0 Å². The van der Waals surface area contributed by atoms with Crippen LogP contribution in [0.15, 0.2) is 18.3 Å². The summed E-state index contributed by atoms with van der Waals surface area (Å²) >= 11 is 4.54. The van der Waals surface area contributed by atoms with E-state index >= 15 is 0 Å². The molecule has 0 spiro atoms. The lowest BCUT2D eigenvalue weighted by atomic mass is 9.86. The zero-order valence-corrected chi connectivity index (χ0v) is 21.5. The van der Waals surface area contributed by atoms with Crippen LogP contribution in [0.3, 0.4) is 0 Å². The van der Waals surface area contributed by atoms with Crippen molar-refractivity contribution < 1.29 is 4.74 Å². The first-order valence-corrected chi connectivity index (χ1v) is 14.3. The predicted molar refractivity (Wildman–Crippen MR) is 131 cm³/mol. The second kappa shape index (κ2) is 8.24. The zero-order valence-electron chi connectivity index (χ0n) is 16.2. The number of nitrogens with zero attached hydrogens (tertiary/aromatic N) is 7. The maximum absolute atomic E-state index is 9.87. The van der Waals surface area contributed by atoms with Gasteiger partial charge in [0.1, 0.15) is 20.7 Å². The van der Waals surface area contributed by atoms with Gasteiger partial charge in [-0.15, -0.1) is 5.10 Å². The van der Waals surface area contributed by atoms with Crippen LogP contribution in [0.25, 0.3) is 17.0 Å². The van der Waals surface area contributed by atoms with E-state index < -0.39 is 5.41 Å². The number of anilines is 1. The van der Waals surface area contributed by atoms with Gasteiger partial charge in [0.05, 0.1) is 43.3 Å². The summed E-state index contributed by atoms with van der Waals surface area (Å²) in [7, 11) is 0. The number of morpholine rings is 1. The molecule has 0 aliphatic carbocycles. The molecule has 8 nitrogen and oxygen atoms in total. The van der Waals surface area contributed by atoms with Crippen molar-refractivity contribution in [3.63, 3.8) is 0 Å². The molecule has 0 aromatic carbocycles. The van der Waals surface area contributed by atoms with Gasteiger partial charge in [-0.2, -0.15) is 10.4 Å². The second-order valence-electron chi connectivity index (χ2n) is 7.47. The molecule has 3 aromatic heterocycles. The number of hydrogen-bond acceptors (Lipinski definition) is 6. The summed E-state index contributed by atoms with van der Waals surface area (Å²) in [5, 5.41) is 19.3. The average molecular weight is 635 g/mol. The third-order valence-electron chi connectivity index (χ3n) is 5.11. The first-order chi connectivity index (χ1) is 13.9. The molecule has 1 unspecified atom stereocenters. The zero-order chi connectivity index (χ0) is 20.8. The van der Waals surface area contributed by atoms with E-state index in [1.807, 2.05) is 34.9 Å². The third kappa shape index (κ3) is 3.75. The van der Waals surface area contributed by atoms with Gasteiger partial charge >= 0.3 is 0 Å². The summed E-state index contributed by atoms with van der Waals surface area (Å²) in [6, 6.07) is 6.66. The van der Waals surface area contributed by atoms with Crippen LogP contribution in [0.4, 0.5) is 5.82 Å². The number of halogens is 2. The van der Waals surface area contributed by atoms with Crippen molar-refractivity contribution >= 4 is 62.3 Å². The molecule has 0 saturated carbocycles. The van der Waals surface area contributed by atoms with Crippen LogP contribution in [0.2, 0.25) is 0 Å². The second-order valence-corrected chi connectivity index (χ2v) is 10.5. The van der Waals surface area contributed by atoms with E-state index in [1.165, 1.54) is 0 Å². The lowest BCUT2D eigenvalue weighted by Crippen LogP contribution is -2.44. The predicted octanol–water partition coefficient (Wildman–Crippen LogP) is 4.02. The largest absolute Gasteiger partial charge is 0.377 e. The number of nitriles is 1. The molecule has 1 aliphatic rings. The fourth-order valence-electron chi connectivity index (χ4n) is 3.49. The number of hydrogen-bond donors (Lipinski definition) is 0. The van der Waals surface area contributed by atoms with Gasteiger partial charge in [0.2, 0.25) is 0 Å². The smallest absolute Gasteiger partial charge is 0.181 e. The van der Waals surface area contributed by atoms with E-state index in [4.69, 9.17) is 14.8 Å². The summed E-state index contributed by atoms with van der Waals surface area (Å²) < 4.78 is 10.2. The Bertz CT molecular complexity index is 1100. The highest BCUT2D eigenvalue weighted by molar-refractivity contribution is 14.2. The Balaban J connectivity index is 2.02. The highest BCUT2D eigenvalue weighted by Gasteiger charge is 2.30. The molecular weight excluding hydrogens is 615 g/mol. The molecule has 0 radical (unpaired) electrons. The molecule has 152 valence electrons. The molecule has 4 rings (SSSR count). The topological polar surface area (TPSA) is 84.3 Å². The Morgan fingerprint density at radius 1 is 1.41 bits per heavy atom. The molecule has 1 aliphatic heterocycles. The monoisotopic (exact) mass is 635 g/mol. The van der Waals surface area contributed by atoms with Gasteiger partial charge in [-0.05, 0) is 77.5 Å². The summed E-state index contributed by atoms with van der Waals surface area (Å²) in [6.45, 7) is 8.10. The fraction of sp³-hybridized carbons (Fsp3) is 0.444. The molecule has 4 heterocycles. The quantitative estimate of drug-likeness (QED) is 0.319. The molecule has 0 N–H and O–H groups in total. The van der Waals surface area contributed by atoms with Crippen LogP contribution in [0.5, 0.6) is 0 Å². The van der Waals surface area contributed by atoms with E-state index in [-0.39, 0.29) is 6.04 Å². The maximum atomic E-state index is 9.87. The van der Waals surface area contributed by atoms with E-state index in [0.717, 1.165) is 38.7 Å². The Hall–Kier alpha value is -1.03. The number of aromatic nitrogens is 5. The Labute approximate surface area is 197 Å². The molecule has 29 heavy (non-hydrogen) atoms. The average Bonchev–Trinajstić information content (AvgIpc) is 3.31. The molecule has 1 saturated heterocycles. The summed E-state index contributed by atoms with van der Waals surface area (Å²) in [5.74, 6) is 1.58. The van der Waals surface area contributed by atoms with Crippen molar-refractivity contribution in [2.45, 2.75) is 32.2 Å². The minimum atomic E-state index is -0.684. The summed E-state index contributed by atoms with van der Waals surface area (Å²) in [4.78, 5) is 7.07. The van der Waals surface area contributed by atoms with Crippen LogP contribution in [0, 0.1) is 15.0 Å². The van der Waals surface area contributed by atoms with E-state index in [1.54, 1.807) is 6.20 Å². The summed E-state index contributed by atoms with van der Waals surface area (Å²) in [6.07, 6.45) is 2.24. The fourth-order valence-corrected chi connectivity index (χ4v) is 5.76. The summed E-state index contributed by atoms with van der Waals surface area (Å²) in [5.41, 5.74) is 2.03. The van der Waals surface area contributed by atoms with Crippen molar-refractivity contribution in [2.75, 3.05) is 24.7 Å². The van der Waals surface area contributed by atoms with Gasteiger partial charge in [0.15, 0.2) is 5.82 Å². The van der Waals surface area contributed by atoms with Crippen molar-refractivity contribution in [3.8, 4) is 17.6 Å². The third-order valence-corrected chi connectivity index (χ3v) is 7.75. The normalized spacial score (nSPS) is 18.1. The van der Waals surface area contributed by atoms with Crippen molar-refractivity contribution in [3.05, 3.63) is 27.6 Å². The molecule has 0 bridgehead atoms. The Kier molecular flexibility index (Phi) is 6.03. The number of fused-ring (bicyclic) bond motifs is 1. The van der Waals surface area contributed by atoms with Crippen molar-refractivity contribution in [1.82, 2.24) is 24.1 Å². The molecule has 2 atom stereocenters. The van der Waals surface area contributed by atoms with Gasteiger partial charge < -0.3 is 9.64 Å². The van der Waals surface area contributed by atoms with E-state index in [2.05, 4.69) is 67.6 Å². The molecule has 0 amide bonds. The van der Waals surface area contributed by atoms with Gasteiger partial charge in [0.25, 0.3) is 0 Å². The van der Waals surface area contributed by atoms with Crippen molar-refractivity contribution in [2.24, 2.45) is 0 Å². The molecular formula is C18H20I2N7OP. The first kappa shape index (κ1) is 21.2. The highest BCUT2D eigenvalue weighted by atomic mass is 127. The van der Waals surface area contributed by atoms with Gasteiger partial charge in [-0.3, -0.25) is 0 Å². The lowest BCUT2D eigenvalue weighted by Gasteiger charge is -2.35. The Morgan fingerprint density at radius 2 is 2.21 bits per heavy atom. The minimum Gasteiger partial charge on any atom is -0.377 e. The SMILES string of the molecule is C[C@@H]1COCCN1c1cc(C(C)(C)C#N)c2c(I)nc(-c3ccnn3PI)n2n1. The minimum absolute atomic E-state index is 0.208. The number of rotatable bonds is 4. The van der Waals surface area contributed by atoms with Crippen molar-refractivity contribution in [1.29, 1.82) is 5.26 Å². The Morgan fingerprint density at radius 3 is 2.90 bits per heavy atom. The van der Waals surface area contributed by atoms with E-state index in [9.17, 15) is 5.26 Å². The number of ether oxygens (including phenoxy) is 1. The van der Waals surface area contributed by atoms with Gasteiger partial charge in [0, 0.05) is 12.1 Å². The van der Waals surface area contributed by atoms with Crippen LogP contribution >= 0.6 is 51.0 Å². The molecule has 3 aromatic rings. The van der Waals surface area contributed by atoms with Crippen LogP contribution in [-0.2, 0) is 10.2 Å². The first-order valence-electron chi connectivity index (χ1n) is 9.14.